The Morgan fingerprint density at radius 1 is 1.15 bits per heavy atom. The lowest BCUT2D eigenvalue weighted by atomic mass is 10.2. The zero-order valence-corrected chi connectivity index (χ0v) is 15.9. The molecule has 0 saturated carbocycles. The predicted octanol–water partition coefficient (Wildman–Crippen LogP) is 3.46. The number of amides is 1. The summed E-state index contributed by atoms with van der Waals surface area (Å²) in [5, 5.41) is 10.4. The van der Waals surface area contributed by atoms with E-state index in [1.54, 1.807) is 61.5 Å². The number of aromatic amines is 1. The van der Waals surface area contributed by atoms with E-state index in [1.165, 1.54) is 6.21 Å². The van der Waals surface area contributed by atoms with Crippen molar-refractivity contribution in [3.8, 4) is 5.75 Å². The summed E-state index contributed by atoms with van der Waals surface area (Å²) >= 11 is 3.32. The van der Waals surface area contributed by atoms with E-state index < -0.39 is 11.9 Å². The van der Waals surface area contributed by atoms with Crippen molar-refractivity contribution in [3.05, 3.63) is 81.6 Å². The number of esters is 1. The number of carbonyl (C=O) groups is 2. The maximum absolute atomic E-state index is 12.1. The van der Waals surface area contributed by atoms with Crippen LogP contribution in [0.4, 0.5) is 0 Å². The van der Waals surface area contributed by atoms with Crippen molar-refractivity contribution < 1.29 is 14.3 Å². The van der Waals surface area contributed by atoms with Gasteiger partial charge in [0.25, 0.3) is 5.91 Å². The molecule has 0 aliphatic carbocycles. The lowest BCUT2D eigenvalue weighted by Gasteiger charge is -2.04. The highest BCUT2D eigenvalue weighted by Gasteiger charge is 2.09. The standard InChI is InChI=1S/C19H15BrN4O3/c1-12-10-17(23-22-12)18(25)24-21-11-13-2-8-16(9-3-13)27-19(26)14-4-6-15(20)7-5-14/h2-11H,1H3,(H,22,23)(H,24,25)/b21-11+. The quantitative estimate of drug-likeness (QED) is 0.282. The highest BCUT2D eigenvalue weighted by Crippen LogP contribution is 2.15. The van der Waals surface area contributed by atoms with Gasteiger partial charge in [-0.2, -0.15) is 10.2 Å². The molecule has 3 aromatic rings. The Kier molecular flexibility index (Phi) is 5.77. The lowest BCUT2D eigenvalue weighted by Crippen LogP contribution is -2.18. The smallest absolute Gasteiger partial charge is 0.343 e. The third-order valence-electron chi connectivity index (χ3n) is 3.49. The van der Waals surface area contributed by atoms with Crippen LogP contribution in [0.25, 0.3) is 0 Å². The van der Waals surface area contributed by atoms with Crippen LogP contribution in [-0.2, 0) is 0 Å². The second kappa shape index (κ2) is 8.41. The van der Waals surface area contributed by atoms with Crippen LogP contribution in [0.15, 0.2) is 64.2 Å². The molecule has 1 aromatic heterocycles. The van der Waals surface area contributed by atoms with Crippen LogP contribution in [0.1, 0.15) is 32.1 Å². The fraction of sp³-hybridized carbons (Fsp3) is 0.0526. The van der Waals surface area contributed by atoms with E-state index in [1.807, 2.05) is 0 Å². The summed E-state index contributed by atoms with van der Waals surface area (Å²) < 4.78 is 6.20. The number of benzene rings is 2. The van der Waals surface area contributed by atoms with Gasteiger partial charge in [-0.15, -0.1) is 0 Å². The average Bonchev–Trinajstić information content (AvgIpc) is 3.10. The molecule has 1 heterocycles. The fourth-order valence-corrected chi connectivity index (χ4v) is 2.40. The van der Waals surface area contributed by atoms with Gasteiger partial charge in [0.1, 0.15) is 5.75 Å². The Labute approximate surface area is 163 Å². The Morgan fingerprint density at radius 2 is 1.85 bits per heavy atom. The number of hydrogen-bond donors (Lipinski definition) is 2. The largest absolute Gasteiger partial charge is 0.423 e. The van der Waals surface area contributed by atoms with E-state index in [2.05, 4.69) is 36.7 Å². The summed E-state index contributed by atoms with van der Waals surface area (Å²) in [5.74, 6) is -0.433. The van der Waals surface area contributed by atoms with Gasteiger partial charge in [0, 0.05) is 10.2 Å². The molecule has 2 aromatic carbocycles. The van der Waals surface area contributed by atoms with Crippen molar-refractivity contribution >= 4 is 34.0 Å². The Balaban J connectivity index is 1.56. The Bertz CT molecular complexity index is 979. The molecule has 27 heavy (non-hydrogen) atoms. The minimum absolute atomic E-state index is 0.264. The second-order valence-corrected chi connectivity index (χ2v) is 6.52. The van der Waals surface area contributed by atoms with Crippen molar-refractivity contribution in [2.45, 2.75) is 6.92 Å². The van der Waals surface area contributed by atoms with E-state index in [0.717, 1.165) is 15.7 Å². The van der Waals surface area contributed by atoms with Gasteiger partial charge >= 0.3 is 5.97 Å². The van der Waals surface area contributed by atoms with Crippen LogP contribution in [0.5, 0.6) is 5.75 Å². The van der Waals surface area contributed by atoms with Crippen LogP contribution in [0.3, 0.4) is 0 Å². The molecule has 0 atom stereocenters. The molecule has 8 heteroatoms. The molecule has 2 N–H and O–H groups in total. The first-order chi connectivity index (χ1) is 13.0. The van der Waals surface area contributed by atoms with Crippen LogP contribution in [0, 0.1) is 6.92 Å². The van der Waals surface area contributed by atoms with Crippen LogP contribution >= 0.6 is 15.9 Å². The summed E-state index contributed by atoms with van der Waals surface area (Å²) in [4.78, 5) is 23.9. The highest BCUT2D eigenvalue weighted by molar-refractivity contribution is 9.10. The molecule has 1 amide bonds. The molecular formula is C19H15BrN4O3. The molecule has 3 rings (SSSR count). The van der Waals surface area contributed by atoms with Crippen LogP contribution in [-0.4, -0.2) is 28.3 Å². The SMILES string of the molecule is Cc1cc(C(=O)N/N=C/c2ccc(OC(=O)c3ccc(Br)cc3)cc2)n[nH]1. The van der Waals surface area contributed by atoms with Crippen molar-refractivity contribution in [1.29, 1.82) is 0 Å². The molecular weight excluding hydrogens is 412 g/mol. The summed E-state index contributed by atoms with van der Waals surface area (Å²) in [7, 11) is 0. The summed E-state index contributed by atoms with van der Waals surface area (Å²) in [6.07, 6.45) is 1.48. The number of aromatic nitrogens is 2. The third kappa shape index (κ3) is 5.11. The molecule has 0 fully saturated rings. The monoisotopic (exact) mass is 426 g/mol. The number of hydrogen-bond acceptors (Lipinski definition) is 5. The van der Waals surface area contributed by atoms with Gasteiger partial charge < -0.3 is 4.74 Å². The molecule has 0 aliphatic rings. The fourth-order valence-electron chi connectivity index (χ4n) is 2.13. The zero-order chi connectivity index (χ0) is 19.2. The number of halogens is 1. The van der Waals surface area contributed by atoms with Crippen molar-refractivity contribution in [2.24, 2.45) is 5.10 Å². The van der Waals surface area contributed by atoms with Crippen molar-refractivity contribution in [1.82, 2.24) is 15.6 Å². The minimum atomic E-state index is -0.439. The maximum Gasteiger partial charge on any atom is 0.343 e. The highest BCUT2D eigenvalue weighted by atomic mass is 79.9. The maximum atomic E-state index is 12.1. The molecule has 0 saturated heterocycles. The first-order valence-corrected chi connectivity index (χ1v) is 8.74. The van der Waals surface area contributed by atoms with Gasteiger partial charge in [-0.3, -0.25) is 9.89 Å². The van der Waals surface area contributed by atoms with Crippen LogP contribution in [0.2, 0.25) is 0 Å². The normalized spacial score (nSPS) is 10.7. The topological polar surface area (TPSA) is 96.4 Å². The summed E-state index contributed by atoms with van der Waals surface area (Å²) in [6, 6.07) is 15.3. The molecule has 0 unspecified atom stereocenters. The van der Waals surface area contributed by atoms with E-state index in [4.69, 9.17) is 4.74 Å². The van der Waals surface area contributed by atoms with E-state index >= 15 is 0 Å². The Hall–Kier alpha value is -3.26. The number of nitrogens with zero attached hydrogens (tertiary/aromatic N) is 2. The van der Waals surface area contributed by atoms with Gasteiger partial charge in [-0.05, 0) is 67.1 Å². The molecule has 0 spiro atoms. The van der Waals surface area contributed by atoms with Gasteiger partial charge in [0.2, 0.25) is 0 Å². The second-order valence-electron chi connectivity index (χ2n) is 5.60. The predicted molar refractivity (Wildman–Crippen MR) is 104 cm³/mol. The molecule has 7 nitrogen and oxygen atoms in total. The van der Waals surface area contributed by atoms with E-state index in [0.29, 0.717) is 11.3 Å². The zero-order valence-electron chi connectivity index (χ0n) is 14.3. The minimum Gasteiger partial charge on any atom is -0.423 e. The third-order valence-corrected chi connectivity index (χ3v) is 4.02. The van der Waals surface area contributed by atoms with Crippen molar-refractivity contribution in [2.75, 3.05) is 0 Å². The van der Waals surface area contributed by atoms with Gasteiger partial charge in [0.15, 0.2) is 5.69 Å². The number of aryl methyl sites for hydroxylation is 1. The molecule has 136 valence electrons. The summed E-state index contributed by atoms with van der Waals surface area (Å²) in [5.41, 5.74) is 4.64. The van der Waals surface area contributed by atoms with Gasteiger partial charge in [-0.25, -0.2) is 10.2 Å². The molecule has 0 bridgehead atoms. The first-order valence-electron chi connectivity index (χ1n) is 7.94. The van der Waals surface area contributed by atoms with Gasteiger partial charge in [-0.1, -0.05) is 15.9 Å². The number of nitrogens with one attached hydrogen (secondary N) is 2. The Morgan fingerprint density at radius 3 is 2.48 bits per heavy atom. The number of H-pyrrole nitrogens is 1. The van der Waals surface area contributed by atoms with Crippen molar-refractivity contribution in [3.63, 3.8) is 0 Å². The summed E-state index contributed by atoms with van der Waals surface area (Å²) in [6.45, 7) is 1.80. The molecule has 0 radical (unpaired) electrons. The average molecular weight is 427 g/mol. The van der Waals surface area contributed by atoms with Crippen LogP contribution < -0.4 is 10.2 Å². The lowest BCUT2D eigenvalue weighted by molar-refractivity contribution is 0.0734. The van der Waals surface area contributed by atoms with E-state index in [-0.39, 0.29) is 5.69 Å². The first kappa shape index (κ1) is 18.5. The van der Waals surface area contributed by atoms with Gasteiger partial charge in [0.05, 0.1) is 11.8 Å². The number of carbonyl (C=O) groups excluding carboxylic acids is 2. The van der Waals surface area contributed by atoms with E-state index in [9.17, 15) is 9.59 Å². The molecule has 0 aliphatic heterocycles. The number of hydrazone groups is 1. The number of ether oxygens (including phenoxy) is 1. The number of rotatable bonds is 5.